The predicted octanol–water partition coefficient (Wildman–Crippen LogP) is 4.46. The lowest BCUT2D eigenvalue weighted by Crippen LogP contribution is -2.54. The molecule has 15 atom stereocenters. The van der Waals surface area contributed by atoms with Crippen molar-refractivity contribution in [1.82, 2.24) is 0 Å². The van der Waals surface area contributed by atoms with E-state index in [4.69, 9.17) is 30.2 Å². The van der Waals surface area contributed by atoms with Gasteiger partial charge in [-0.05, 0) is 64.7 Å². The molecule has 0 bridgehead atoms. The number of carbonyl (C=O) groups is 1. The number of aliphatic imine (C=N–C) groups is 1. The lowest BCUT2D eigenvalue weighted by atomic mass is 9.87. The van der Waals surface area contributed by atoms with E-state index in [-0.39, 0.29) is 82.0 Å². The number of unbranched alkanes of at least 4 members (excludes halogenated alkanes) is 1. The van der Waals surface area contributed by atoms with Crippen LogP contribution in [0.3, 0.4) is 0 Å². The van der Waals surface area contributed by atoms with Gasteiger partial charge in [-0.15, -0.1) is 0 Å². The number of allylic oxidation sites excluding steroid dienone is 16. The van der Waals surface area contributed by atoms with Crippen molar-refractivity contribution in [2.24, 2.45) is 34.2 Å². The van der Waals surface area contributed by atoms with Crippen LogP contribution < -0.4 is 11.5 Å². The van der Waals surface area contributed by atoms with Crippen LogP contribution in [-0.4, -0.2) is 185 Å². The lowest BCUT2D eigenvalue weighted by molar-refractivity contribution is -0.261. The summed E-state index contributed by atoms with van der Waals surface area (Å²) in [5, 5.41) is 125. The van der Waals surface area contributed by atoms with Crippen molar-refractivity contribution in [2.45, 2.75) is 184 Å². The Bertz CT molecular complexity index is 2440. The first-order chi connectivity index (χ1) is 40.7. The van der Waals surface area contributed by atoms with Gasteiger partial charge in [0.05, 0.1) is 74.3 Å². The molecule has 0 aliphatic carbocycles. The first-order valence-corrected chi connectivity index (χ1v) is 30.4. The minimum atomic E-state index is -5.02. The molecule has 1 fully saturated rings. The van der Waals surface area contributed by atoms with Crippen molar-refractivity contribution in [3.05, 3.63) is 157 Å². The Labute approximate surface area is 508 Å². The van der Waals surface area contributed by atoms with Crippen LogP contribution in [0.4, 0.5) is 0 Å². The molecule has 0 saturated carbocycles. The Balaban J connectivity index is 2.64. The summed E-state index contributed by atoms with van der Waals surface area (Å²) < 4.78 is 50.2. The topological polar surface area (TPSA) is 406 Å². The highest BCUT2D eigenvalue weighted by Crippen LogP contribution is 2.38. The number of guanidine groups is 1. The molecule has 1 saturated heterocycles. The monoisotopic (exact) mass is 1230 g/mol. The standard InChI is InChI=1S/C63H99N3O19S/c1-45(26-18-14-10-9-11-15-19-27-46(2)61(78)79)60(77)47(3)57(75)35-20-16-12-7-5-6-8-13-17-21-36-58(85-86(80,81)82)48(4)63(83-38-39-84-63)59(76)44-55(73)33-24-32-53(71)43-56(74)42-52(70)31-23-30-50(68)40-49(67)28-22-29-51(69)41-54(72)34-25-37-66-62(64)65/h5-9,11-13,15-24,26-28,31,33,35-36,45,47-60,67-77H,10,14,25,29-30,32,34,37-44H2,1-4H3,(H,78,79)(H4,64,65,66)(H,80,81,82)/b7-5+,8-6+,11-9+,16-12+,17-13+,19-15+,26-18+,28-22+,31-23+,33-24+,35-20+,36-21-,46-27+. The Hall–Kier alpha value is -5.29. The number of ether oxygens (including phenoxy) is 2. The van der Waals surface area contributed by atoms with Gasteiger partial charge in [-0.25, -0.2) is 8.98 Å². The highest BCUT2D eigenvalue weighted by Gasteiger charge is 2.52. The van der Waals surface area contributed by atoms with Crippen molar-refractivity contribution < 1.29 is 92.7 Å². The van der Waals surface area contributed by atoms with E-state index in [9.17, 15) is 73.9 Å². The molecule has 0 radical (unpaired) electrons. The predicted molar refractivity (Wildman–Crippen MR) is 332 cm³/mol. The van der Waals surface area contributed by atoms with Crippen LogP contribution in [0.1, 0.15) is 105 Å². The van der Waals surface area contributed by atoms with Gasteiger partial charge in [-0.1, -0.05) is 173 Å². The maximum absolute atomic E-state index is 11.9. The SMILES string of the molecule is C\C(=C/C=C/C=C/CC/C=C/C(C)C(O)C(C)C(O)/C=C/C=C/C=C/C=C/C=C/C=C\C(OS(=O)(=O)O)C(C)C1(C(O)CC(O)/C=C/CC(O)CC(O)CC(O)/C=C/CC(O)CC(O)/C=C/CC(O)CC(O)CCCN=C(N)N)OCCO1)C(=O)O. The van der Waals surface area contributed by atoms with Gasteiger partial charge >= 0.3 is 16.4 Å². The molecule has 22 nitrogen and oxygen atoms in total. The number of aliphatic carboxylic acids is 1. The van der Waals surface area contributed by atoms with Crippen molar-refractivity contribution in [1.29, 1.82) is 0 Å². The first kappa shape index (κ1) is 78.7. The quantitative estimate of drug-likeness (QED) is 0.00761. The zero-order chi connectivity index (χ0) is 64.5. The van der Waals surface area contributed by atoms with E-state index in [0.29, 0.717) is 19.4 Å². The summed E-state index contributed by atoms with van der Waals surface area (Å²) in [6.45, 7) is 7.05. The van der Waals surface area contributed by atoms with Crippen LogP contribution in [0.5, 0.6) is 0 Å². The molecule has 486 valence electrons. The van der Waals surface area contributed by atoms with Gasteiger partial charge in [0.25, 0.3) is 0 Å². The van der Waals surface area contributed by atoms with Crippen molar-refractivity contribution >= 4 is 22.3 Å². The molecule has 0 spiro atoms. The van der Waals surface area contributed by atoms with E-state index in [2.05, 4.69) is 4.99 Å². The third-order valence-electron chi connectivity index (χ3n) is 13.6. The Morgan fingerprint density at radius 3 is 1.57 bits per heavy atom. The fraction of sp³-hybridized carbons (Fsp3) is 0.556. The third kappa shape index (κ3) is 37.4. The second kappa shape index (κ2) is 45.0. The van der Waals surface area contributed by atoms with Gasteiger partial charge in [-0.2, -0.15) is 8.42 Å². The van der Waals surface area contributed by atoms with E-state index in [1.165, 1.54) is 62.5 Å². The molecule has 1 aliphatic rings. The molecule has 0 aromatic carbocycles. The third-order valence-corrected chi connectivity index (χ3v) is 14.1. The van der Waals surface area contributed by atoms with Gasteiger partial charge in [0.1, 0.15) is 12.2 Å². The molecule has 0 aromatic rings. The van der Waals surface area contributed by atoms with E-state index < -0.39 is 107 Å². The average Bonchev–Trinajstić information content (AvgIpc) is 2.27. The molecule has 0 amide bonds. The zero-order valence-corrected chi connectivity index (χ0v) is 50.8. The van der Waals surface area contributed by atoms with Crippen LogP contribution in [0.15, 0.2) is 162 Å². The molecular weight excluding hydrogens is 1130 g/mol. The summed E-state index contributed by atoms with van der Waals surface area (Å²) in [6.07, 6.45) is 30.3. The lowest BCUT2D eigenvalue weighted by Gasteiger charge is -2.40. The van der Waals surface area contributed by atoms with E-state index in [1.807, 2.05) is 31.2 Å². The molecule has 86 heavy (non-hydrogen) atoms. The number of rotatable bonds is 45. The molecule has 0 aromatic heterocycles. The summed E-state index contributed by atoms with van der Waals surface area (Å²) in [5.74, 6) is -4.58. The molecule has 17 N–H and O–H groups in total. The molecule has 23 heteroatoms. The summed E-state index contributed by atoms with van der Waals surface area (Å²) >= 11 is 0. The number of aliphatic hydroxyl groups is 11. The van der Waals surface area contributed by atoms with Crippen LogP contribution in [0, 0.1) is 17.8 Å². The molecular formula is C63H99N3O19S. The molecule has 1 aliphatic heterocycles. The first-order valence-electron chi connectivity index (χ1n) is 29.1. The number of nitrogens with two attached hydrogens (primary N) is 2. The van der Waals surface area contributed by atoms with Crippen LogP contribution in [0.25, 0.3) is 0 Å². The second-order valence-electron chi connectivity index (χ2n) is 21.3. The van der Waals surface area contributed by atoms with Crippen LogP contribution in [0.2, 0.25) is 0 Å². The number of nitrogens with zero attached hydrogens (tertiary/aromatic N) is 1. The molecule has 1 rings (SSSR count). The molecule has 1 heterocycles. The van der Waals surface area contributed by atoms with Crippen molar-refractivity contribution in [3.8, 4) is 0 Å². The smallest absolute Gasteiger partial charge is 0.397 e. The minimum absolute atomic E-state index is 0.0137. The summed E-state index contributed by atoms with van der Waals surface area (Å²) in [6, 6.07) is 0. The maximum Gasteiger partial charge on any atom is 0.397 e. The van der Waals surface area contributed by atoms with E-state index in [1.54, 1.807) is 85.9 Å². The molecule has 15 unspecified atom stereocenters. The summed E-state index contributed by atoms with van der Waals surface area (Å²) in [4.78, 5) is 14.6. The van der Waals surface area contributed by atoms with Crippen LogP contribution >= 0.6 is 0 Å². The maximum atomic E-state index is 11.9. The Morgan fingerprint density at radius 2 is 1.05 bits per heavy atom. The van der Waals surface area contributed by atoms with E-state index >= 15 is 0 Å². The second-order valence-corrected chi connectivity index (χ2v) is 22.3. The average molecular weight is 1230 g/mol. The van der Waals surface area contributed by atoms with Crippen molar-refractivity contribution in [2.75, 3.05) is 19.8 Å². The zero-order valence-electron chi connectivity index (χ0n) is 50.0. The fourth-order valence-electron chi connectivity index (χ4n) is 8.73. The summed E-state index contributed by atoms with van der Waals surface area (Å²) in [7, 11) is -5.02. The fourth-order valence-corrected chi connectivity index (χ4v) is 9.24. The van der Waals surface area contributed by atoms with Gasteiger partial charge in [-0.3, -0.25) is 9.55 Å². The minimum Gasteiger partial charge on any atom is -0.478 e. The van der Waals surface area contributed by atoms with Gasteiger partial charge < -0.3 is 82.2 Å². The normalized spacial score (nSPS) is 20.4. The Kier molecular flexibility index (Phi) is 41.2. The number of carboxylic acid groups (broad SMARTS) is 1. The number of carboxylic acids is 1. The van der Waals surface area contributed by atoms with E-state index in [0.717, 1.165) is 12.8 Å². The number of aliphatic hydroxyl groups excluding tert-OH is 11. The number of hydrogen-bond donors (Lipinski definition) is 15. The van der Waals surface area contributed by atoms with Gasteiger partial charge in [0, 0.05) is 49.1 Å². The van der Waals surface area contributed by atoms with Gasteiger partial charge in [0.2, 0.25) is 0 Å². The highest BCUT2D eigenvalue weighted by atomic mass is 32.3. The van der Waals surface area contributed by atoms with Crippen LogP contribution in [-0.2, 0) is 28.9 Å². The summed E-state index contributed by atoms with van der Waals surface area (Å²) in [5.41, 5.74) is 10.8. The Morgan fingerprint density at radius 1 is 0.581 bits per heavy atom. The van der Waals surface area contributed by atoms with Crippen molar-refractivity contribution in [3.63, 3.8) is 0 Å². The number of hydrogen-bond acceptors (Lipinski definition) is 18. The highest BCUT2D eigenvalue weighted by molar-refractivity contribution is 7.80. The largest absolute Gasteiger partial charge is 0.478 e. The van der Waals surface area contributed by atoms with Gasteiger partial charge in [0.15, 0.2) is 11.7 Å².